The summed E-state index contributed by atoms with van der Waals surface area (Å²) in [6.45, 7) is 0.435. The summed E-state index contributed by atoms with van der Waals surface area (Å²) in [6.07, 6.45) is 0.936. The van der Waals surface area contributed by atoms with Crippen molar-refractivity contribution in [2.45, 2.75) is 37.5 Å². The molecule has 3 N–H and O–H groups in total. The highest BCUT2D eigenvalue weighted by Crippen LogP contribution is 2.43. The number of hydrogen-bond donors (Lipinski definition) is 2. The van der Waals surface area contributed by atoms with Crippen molar-refractivity contribution >= 4 is 29.0 Å². The third-order valence-corrected chi connectivity index (χ3v) is 4.60. The highest BCUT2D eigenvalue weighted by Gasteiger charge is 2.58. The molecule has 1 atom stereocenters. The van der Waals surface area contributed by atoms with Crippen LogP contribution in [0.3, 0.4) is 0 Å². The molecule has 28 heavy (non-hydrogen) atoms. The van der Waals surface area contributed by atoms with E-state index in [0.29, 0.717) is 25.8 Å². The van der Waals surface area contributed by atoms with Crippen molar-refractivity contribution in [3.05, 3.63) is 44.3 Å². The van der Waals surface area contributed by atoms with Crippen LogP contribution in [0, 0.1) is 10.1 Å². The van der Waals surface area contributed by atoms with Crippen molar-refractivity contribution < 1.29 is 24.5 Å². The fraction of sp³-hybridized carbons (Fsp3) is 0.438. The number of nitrogens with two attached hydrogens (primary N) is 1. The summed E-state index contributed by atoms with van der Waals surface area (Å²) in [6, 6.07) is 3.05. The van der Waals surface area contributed by atoms with E-state index in [0.717, 1.165) is 18.2 Å². The molecule has 2 amide bonds. The van der Waals surface area contributed by atoms with Crippen LogP contribution in [0.4, 0.5) is 11.4 Å². The summed E-state index contributed by atoms with van der Waals surface area (Å²) in [5, 5.41) is 24.0. The van der Waals surface area contributed by atoms with Crippen LogP contribution in [0.1, 0.15) is 37.7 Å². The van der Waals surface area contributed by atoms with Crippen molar-refractivity contribution in [2.24, 2.45) is 10.8 Å². The van der Waals surface area contributed by atoms with Crippen LogP contribution in [0.25, 0.3) is 10.4 Å². The minimum Gasteiger partial charge on any atom is -0.330 e. The molecule has 0 spiro atoms. The lowest BCUT2D eigenvalue weighted by Gasteiger charge is -2.26. The molecule has 0 aliphatic carbocycles. The van der Waals surface area contributed by atoms with Gasteiger partial charge >= 0.3 is 0 Å². The number of Topliss-reactive ketones (excluding diaryl/α,β-unsaturated/α-hetero) is 1. The molecule has 0 bridgehead atoms. The second-order valence-corrected chi connectivity index (χ2v) is 6.26. The molecule has 1 saturated heterocycles. The molecule has 12 heteroatoms. The lowest BCUT2D eigenvalue weighted by atomic mass is 9.73. The third kappa shape index (κ3) is 3.69. The first-order valence-corrected chi connectivity index (χ1v) is 8.43. The first kappa shape index (κ1) is 21.0. The van der Waals surface area contributed by atoms with Gasteiger partial charge in [0.15, 0.2) is 5.78 Å². The lowest BCUT2D eigenvalue weighted by molar-refractivity contribution is -0.384. The number of nitro benzene ring substituents is 1. The zero-order chi connectivity index (χ0) is 20.9. The van der Waals surface area contributed by atoms with Gasteiger partial charge in [0.05, 0.1) is 11.3 Å². The number of hydrogen-bond acceptors (Lipinski definition) is 8. The summed E-state index contributed by atoms with van der Waals surface area (Å²) in [5.74, 6) is -2.82. The number of carbonyl (C=O) groups excluding carboxylic acids is 3. The summed E-state index contributed by atoms with van der Waals surface area (Å²) < 4.78 is 0. The van der Waals surface area contributed by atoms with E-state index in [1.165, 1.54) is 0 Å². The highest BCUT2D eigenvalue weighted by atomic mass is 16.6. The first-order chi connectivity index (χ1) is 13.3. The molecule has 1 aliphatic rings. The van der Waals surface area contributed by atoms with Crippen LogP contribution >= 0.6 is 0 Å². The van der Waals surface area contributed by atoms with Gasteiger partial charge in [-0.1, -0.05) is 17.6 Å². The maximum atomic E-state index is 13.0. The third-order valence-electron chi connectivity index (χ3n) is 4.60. The Hall–Kier alpha value is -3.34. The minimum atomic E-state index is -2.10. The molecule has 0 radical (unpaired) electrons. The molecule has 12 nitrogen and oxygen atoms in total. The predicted molar refractivity (Wildman–Crippen MR) is 94.4 cm³/mol. The van der Waals surface area contributed by atoms with E-state index in [1.807, 2.05) is 0 Å². The number of non-ortho nitro benzene ring substituents is 1. The van der Waals surface area contributed by atoms with Crippen molar-refractivity contribution in [2.75, 3.05) is 6.54 Å². The van der Waals surface area contributed by atoms with Gasteiger partial charge in [-0.3, -0.25) is 29.7 Å². The van der Waals surface area contributed by atoms with Gasteiger partial charge < -0.3 is 5.73 Å². The number of ketones is 1. The number of rotatable bonds is 9. The van der Waals surface area contributed by atoms with Crippen molar-refractivity contribution in [3.63, 3.8) is 0 Å². The second-order valence-electron chi connectivity index (χ2n) is 6.26. The maximum Gasteiger partial charge on any atom is 0.272 e. The van der Waals surface area contributed by atoms with Crippen LogP contribution in [0.2, 0.25) is 0 Å². The van der Waals surface area contributed by atoms with Gasteiger partial charge in [0.25, 0.3) is 17.5 Å². The van der Waals surface area contributed by atoms with E-state index in [4.69, 9.17) is 11.3 Å². The van der Waals surface area contributed by atoms with Crippen LogP contribution < -0.4 is 5.73 Å². The summed E-state index contributed by atoms with van der Waals surface area (Å²) >= 11 is 0. The molecule has 1 aromatic carbocycles. The Morgan fingerprint density at radius 2 is 2.11 bits per heavy atom. The van der Waals surface area contributed by atoms with Crippen LogP contribution in [0.15, 0.2) is 23.3 Å². The van der Waals surface area contributed by atoms with E-state index in [9.17, 15) is 29.7 Å². The largest absolute Gasteiger partial charge is 0.330 e. The second kappa shape index (κ2) is 8.57. The monoisotopic (exact) mass is 390 g/mol. The number of carbonyl (C=O) groups is 3. The topological polar surface area (TPSA) is 193 Å². The molecule has 2 rings (SSSR count). The first-order valence-electron chi connectivity index (χ1n) is 8.43. The number of azide groups is 1. The van der Waals surface area contributed by atoms with Gasteiger partial charge in [-0.2, -0.15) is 5.06 Å². The molecule has 148 valence electrons. The van der Waals surface area contributed by atoms with E-state index < -0.39 is 40.0 Å². The van der Waals surface area contributed by atoms with Crippen LogP contribution in [0.5, 0.6) is 0 Å². The fourth-order valence-electron chi connectivity index (χ4n) is 3.20. The van der Waals surface area contributed by atoms with Crippen molar-refractivity contribution in [1.82, 2.24) is 5.06 Å². The molecule has 1 fully saturated rings. The highest BCUT2D eigenvalue weighted by molar-refractivity contribution is 6.22. The van der Waals surface area contributed by atoms with E-state index in [-0.39, 0.29) is 22.7 Å². The molecule has 0 aromatic heterocycles. The van der Waals surface area contributed by atoms with E-state index >= 15 is 0 Å². The minimum absolute atomic E-state index is 0.0838. The standard InChI is InChI=1S/C16H18N6O6/c17-7-3-1-2-4-13(23)16(9-14(24)21(26)15(16)25)11-6-5-10(22(27)28)8-12(11)19-20-18/h5-6,8,26H,1-4,7,9,17H2. The van der Waals surface area contributed by atoms with Crippen molar-refractivity contribution in [1.29, 1.82) is 0 Å². The zero-order valence-electron chi connectivity index (χ0n) is 14.8. The number of unbranched alkanes of at least 4 members (excludes halogenated alkanes) is 2. The fourth-order valence-corrected chi connectivity index (χ4v) is 3.20. The molecule has 1 heterocycles. The number of amides is 2. The SMILES string of the molecule is [N-]=[N+]=Nc1cc([N+](=O)[O-])ccc1C1(C(=O)CCCCCN)CC(=O)N(O)C1=O. The average molecular weight is 390 g/mol. The number of imide groups is 1. The molecule has 1 aliphatic heterocycles. The molecule has 0 saturated carbocycles. The smallest absolute Gasteiger partial charge is 0.272 e. The van der Waals surface area contributed by atoms with Gasteiger partial charge in [-0.25, -0.2) is 0 Å². The summed E-state index contributed by atoms with van der Waals surface area (Å²) in [5.41, 5.74) is 11.2. The molecule has 1 unspecified atom stereocenters. The van der Waals surface area contributed by atoms with E-state index in [1.54, 1.807) is 0 Å². The summed E-state index contributed by atoms with van der Waals surface area (Å²) in [4.78, 5) is 50.5. The molecular formula is C16H18N6O6. The number of hydroxylamine groups is 2. The van der Waals surface area contributed by atoms with Gasteiger partial charge in [0.1, 0.15) is 5.41 Å². The predicted octanol–water partition coefficient (Wildman–Crippen LogP) is 2.01. The zero-order valence-corrected chi connectivity index (χ0v) is 14.8. The molecular weight excluding hydrogens is 372 g/mol. The Morgan fingerprint density at radius 1 is 1.39 bits per heavy atom. The van der Waals surface area contributed by atoms with E-state index in [2.05, 4.69) is 10.0 Å². The van der Waals surface area contributed by atoms with Gasteiger partial charge in [-0.15, -0.1) is 0 Å². The van der Waals surface area contributed by atoms with Crippen LogP contribution in [-0.2, 0) is 19.8 Å². The number of nitrogens with zero attached hydrogens (tertiary/aromatic N) is 5. The summed E-state index contributed by atoms with van der Waals surface area (Å²) in [7, 11) is 0. The number of benzene rings is 1. The molecule has 1 aromatic rings. The Kier molecular flexibility index (Phi) is 6.41. The Bertz CT molecular complexity index is 880. The Labute approximate surface area is 158 Å². The van der Waals surface area contributed by atoms with Crippen molar-refractivity contribution in [3.8, 4) is 0 Å². The lowest BCUT2D eigenvalue weighted by Crippen LogP contribution is -2.43. The average Bonchev–Trinajstić information content (AvgIpc) is 2.90. The number of nitro groups is 1. The van der Waals surface area contributed by atoms with Crippen LogP contribution in [-0.4, -0.2) is 39.3 Å². The normalized spacial score (nSPS) is 18.9. The Balaban J connectivity index is 2.59. The van der Waals surface area contributed by atoms with Gasteiger partial charge in [0.2, 0.25) is 0 Å². The Morgan fingerprint density at radius 3 is 2.64 bits per heavy atom. The van der Waals surface area contributed by atoms with Gasteiger partial charge in [-0.05, 0) is 30.5 Å². The van der Waals surface area contributed by atoms with Gasteiger partial charge in [0, 0.05) is 29.2 Å². The maximum absolute atomic E-state index is 13.0. The quantitative estimate of drug-likeness (QED) is 0.0740.